The molecule has 3 rings (SSSR count). The minimum Gasteiger partial charge on any atom is -0.106 e. The predicted molar refractivity (Wildman–Crippen MR) is 120 cm³/mol. The van der Waals surface area contributed by atoms with Crippen molar-refractivity contribution in [2.75, 3.05) is 0 Å². The molecule has 26 heavy (non-hydrogen) atoms. The van der Waals surface area contributed by atoms with Crippen LogP contribution in [0.15, 0.2) is 65.5 Å². The summed E-state index contributed by atoms with van der Waals surface area (Å²) in [6.45, 7) is 13.6. The highest BCUT2D eigenvalue weighted by molar-refractivity contribution is 7.23. The predicted octanol–water partition coefficient (Wildman–Crippen LogP) is 7.46. The molecule has 2 atom stereocenters. The van der Waals surface area contributed by atoms with Crippen molar-refractivity contribution in [3.8, 4) is 0 Å². The Balaban J connectivity index is 2.21. The van der Waals surface area contributed by atoms with Gasteiger partial charge >= 0.3 is 0 Å². The fraction of sp³-hybridized carbons (Fsp3) is 0.360. The Hall–Kier alpha value is -1.65. The summed E-state index contributed by atoms with van der Waals surface area (Å²) < 4.78 is 0. The van der Waals surface area contributed by atoms with Crippen molar-refractivity contribution in [2.24, 2.45) is 5.92 Å². The smallest absolute Gasteiger partial charge is 0.0161 e. The average Bonchev–Trinajstić information content (AvgIpc) is 2.61. The summed E-state index contributed by atoms with van der Waals surface area (Å²) in [6.07, 6.45) is 14.7. The Bertz CT molecular complexity index is 843. The lowest BCUT2D eigenvalue weighted by molar-refractivity contribution is 0.564. The van der Waals surface area contributed by atoms with E-state index in [1.807, 2.05) is 0 Å². The Labute approximate surface area is 161 Å². The second kappa shape index (κ2) is 7.53. The normalized spacial score (nSPS) is 22.0. The lowest BCUT2D eigenvalue weighted by Gasteiger charge is -2.43. The Morgan fingerprint density at radius 3 is 2.73 bits per heavy atom. The van der Waals surface area contributed by atoms with E-state index in [1.54, 1.807) is 0 Å². The zero-order chi connectivity index (χ0) is 18.9. The molecule has 0 heterocycles. The van der Waals surface area contributed by atoms with Crippen LogP contribution in [-0.2, 0) is 5.41 Å². The molecule has 0 saturated heterocycles. The molecule has 1 aromatic rings. The van der Waals surface area contributed by atoms with Crippen LogP contribution in [0.2, 0.25) is 0 Å². The van der Waals surface area contributed by atoms with Crippen molar-refractivity contribution in [3.05, 3.63) is 82.2 Å². The van der Waals surface area contributed by atoms with Gasteiger partial charge in [-0.05, 0) is 70.8 Å². The van der Waals surface area contributed by atoms with Crippen LogP contribution >= 0.6 is 9.24 Å². The first-order chi connectivity index (χ1) is 12.4. The molecule has 0 aliphatic heterocycles. The summed E-state index contributed by atoms with van der Waals surface area (Å²) in [6, 6.07) is 6.69. The molecule has 0 nitrogen and oxygen atoms in total. The molecular formula is C25H31P. The van der Waals surface area contributed by atoms with Crippen molar-refractivity contribution in [3.63, 3.8) is 0 Å². The summed E-state index contributed by atoms with van der Waals surface area (Å²) in [5, 5.41) is 1.35. The summed E-state index contributed by atoms with van der Waals surface area (Å²) in [7, 11) is 2.99. The SMILES string of the molecule is C=C1C2=C(C(P)=CCC2CC=CCC)C(C)(C)c2cccc(/C=C\C)c21. The number of hydrogen-bond acceptors (Lipinski definition) is 0. The van der Waals surface area contributed by atoms with Gasteiger partial charge in [-0.1, -0.05) is 75.9 Å². The molecule has 0 spiro atoms. The maximum atomic E-state index is 4.61. The molecule has 2 aliphatic rings. The lowest BCUT2D eigenvalue weighted by atomic mass is 9.62. The summed E-state index contributed by atoms with van der Waals surface area (Å²) in [4.78, 5) is 0. The lowest BCUT2D eigenvalue weighted by Crippen LogP contribution is -2.31. The van der Waals surface area contributed by atoms with Gasteiger partial charge in [0.1, 0.15) is 0 Å². The monoisotopic (exact) mass is 362 g/mol. The molecule has 1 heteroatoms. The van der Waals surface area contributed by atoms with E-state index in [0.717, 1.165) is 19.3 Å². The Morgan fingerprint density at radius 1 is 1.27 bits per heavy atom. The largest absolute Gasteiger partial charge is 0.106 e. The molecule has 0 radical (unpaired) electrons. The third-order valence-corrected chi connectivity index (χ3v) is 6.30. The van der Waals surface area contributed by atoms with Gasteiger partial charge in [0.15, 0.2) is 0 Å². The molecular weight excluding hydrogens is 331 g/mol. The van der Waals surface area contributed by atoms with E-state index in [-0.39, 0.29) is 5.41 Å². The molecule has 136 valence electrons. The first kappa shape index (κ1) is 19.1. The highest BCUT2D eigenvalue weighted by Crippen LogP contribution is 2.55. The summed E-state index contributed by atoms with van der Waals surface area (Å²) in [5.41, 5.74) is 8.20. The van der Waals surface area contributed by atoms with Crippen LogP contribution in [0.4, 0.5) is 0 Å². The number of allylic oxidation sites excluding steroid dienone is 8. The van der Waals surface area contributed by atoms with Crippen LogP contribution in [-0.4, -0.2) is 0 Å². The van der Waals surface area contributed by atoms with Gasteiger partial charge in [0.2, 0.25) is 0 Å². The third kappa shape index (κ3) is 3.10. The Kier molecular flexibility index (Phi) is 5.54. The van der Waals surface area contributed by atoms with Gasteiger partial charge in [0.25, 0.3) is 0 Å². The molecule has 0 saturated carbocycles. The van der Waals surface area contributed by atoms with Crippen molar-refractivity contribution in [1.82, 2.24) is 0 Å². The van der Waals surface area contributed by atoms with Crippen LogP contribution in [0.1, 0.15) is 63.6 Å². The van der Waals surface area contributed by atoms with Gasteiger partial charge in [-0.3, -0.25) is 0 Å². The highest BCUT2D eigenvalue weighted by atomic mass is 31.0. The number of hydrogen-bond donors (Lipinski definition) is 0. The topological polar surface area (TPSA) is 0 Å². The van der Waals surface area contributed by atoms with Crippen LogP contribution in [0.5, 0.6) is 0 Å². The molecule has 0 N–H and O–H groups in total. The highest BCUT2D eigenvalue weighted by Gasteiger charge is 2.40. The second-order valence-corrected chi connectivity index (χ2v) is 8.49. The van der Waals surface area contributed by atoms with Crippen molar-refractivity contribution in [1.29, 1.82) is 0 Å². The average molecular weight is 362 g/mol. The van der Waals surface area contributed by atoms with E-state index in [1.165, 1.54) is 38.7 Å². The number of rotatable bonds is 4. The van der Waals surface area contributed by atoms with Crippen LogP contribution < -0.4 is 0 Å². The zero-order valence-electron chi connectivity index (χ0n) is 16.6. The maximum Gasteiger partial charge on any atom is 0.0161 e. The first-order valence-electron chi connectivity index (χ1n) is 9.74. The standard InChI is InChI=1S/C25H31P/c1-6-8-9-12-19-15-16-21(26)24-23(19)17(3)22-18(11-7-2)13-10-14-20(22)25(24,4)5/h7-11,13-14,16,19H,3,6,12,15,26H2,1-2,4-5H3/b9-8?,11-7-. The van der Waals surface area contributed by atoms with Gasteiger partial charge in [-0.15, -0.1) is 9.24 Å². The van der Waals surface area contributed by atoms with E-state index in [4.69, 9.17) is 0 Å². The molecule has 0 bridgehead atoms. The number of fused-ring (bicyclic) bond motifs is 1. The van der Waals surface area contributed by atoms with Crippen LogP contribution in [0.25, 0.3) is 11.6 Å². The number of benzene rings is 1. The van der Waals surface area contributed by atoms with Gasteiger partial charge in [0.05, 0.1) is 0 Å². The molecule has 0 fully saturated rings. The van der Waals surface area contributed by atoms with E-state index in [9.17, 15) is 0 Å². The van der Waals surface area contributed by atoms with Crippen LogP contribution in [0.3, 0.4) is 0 Å². The zero-order valence-corrected chi connectivity index (χ0v) is 17.8. The minimum atomic E-state index is -0.00975. The molecule has 0 aromatic heterocycles. The van der Waals surface area contributed by atoms with Gasteiger partial charge in [0, 0.05) is 5.41 Å². The molecule has 2 aliphatic carbocycles. The van der Waals surface area contributed by atoms with Crippen molar-refractivity contribution < 1.29 is 0 Å². The van der Waals surface area contributed by atoms with Gasteiger partial charge in [-0.25, -0.2) is 0 Å². The fourth-order valence-corrected chi connectivity index (χ4v) is 5.25. The van der Waals surface area contributed by atoms with E-state index >= 15 is 0 Å². The van der Waals surface area contributed by atoms with Crippen LogP contribution in [0, 0.1) is 5.92 Å². The van der Waals surface area contributed by atoms with Gasteiger partial charge in [-0.2, -0.15) is 0 Å². The summed E-state index contributed by atoms with van der Waals surface area (Å²) >= 11 is 0. The molecule has 1 aromatic carbocycles. The Morgan fingerprint density at radius 2 is 2.04 bits per heavy atom. The quantitative estimate of drug-likeness (QED) is 0.385. The summed E-state index contributed by atoms with van der Waals surface area (Å²) in [5.74, 6) is 0.524. The fourth-order valence-electron chi connectivity index (χ4n) is 4.60. The molecule has 0 amide bonds. The van der Waals surface area contributed by atoms with Crippen molar-refractivity contribution in [2.45, 2.75) is 52.4 Å². The second-order valence-electron chi connectivity index (χ2n) is 7.87. The van der Waals surface area contributed by atoms with E-state index in [0.29, 0.717) is 5.92 Å². The van der Waals surface area contributed by atoms with Crippen molar-refractivity contribution >= 4 is 20.9 Å². The van der Waals surface area contributed by atoms with E-state index in [2.05, 4.69) is 92.1 Å². The first-order valence-corrected chi connectivity index (χ1v) is 10.3. The molecule has 2 unspecified atom stereocenters. The van der Waals surface area contributed by atoms with E-state index < -0.39 is 0 Å². The third-order valence-electron chi connectivity index (χ3n) is 5.78. The minimum absolute atomic E-state index is 0.00975. The van der Waals surface area contributed by atoms with Gasteiger partial charge < -0.3 is 0 Å². The maximum absolute atomic E-state index is 4.61.